The molecule has 2 N–H and O–H groups in total. The minimum absolute atomic E-state index is 0.0303. The molecule has 8 heteroatoms. The zero-order chi connectivity index (χ0) is 19.2. The Morgan fingerprint density at radius 1 is 1.33 bits per heavy atom. The molecule has 3 aromatic rings. The number of aromatic amines is 1. The van der Waals surface area contributed by atoms with Crippen molar-refractivity contribution >= 4 is 17.0 Å². The van der Waals surface area contributed by atoms with Gasteiger partial charge in [-0.3, -0.25) is 4.79 Å². The summed E-state index contributed by atoms with van der Waals surface area (Å²) in [7, 11) is 0. The first-order valence-corrected chi connectivity index (χ1v) is 8.72. The van der Waals surface area contributed by atoms with Gasteiger partial charge >= 0.3 is 5.97 Å². The van der Waals surface area contributed by atoms with Gasteiger partial charge in [0.05, 0.1) is 18.1 Å². The van der Waals surface area contributed by atoms with Gasteiger partial charge in [0.15, 0.2) is 11.6 Å². The van der Waals surface area contributed by atoms with Crippen molar-refractivity contribution in [1.29, 1.82) is 0 Å². The summed E-state index contributed by atoms with van der Waals surface area (Å²) in [5, 5.41) is 9.70. The number of halogens is 2. The van der Waals surface area contributed by atoms with Gasteiger partial charge in [0, 0.05) is 23.6 Å². The Balaban J connectivity index is 1.70. The molecule has 1 aliphatic rings. The quantitative estimate of drug-likeness (QED) is 0.688. The Morgan fingerprint density at radius 2 is 2.11 bits per heavy atom. The van der Waals surface area contributed by atoms with Gasteiger partial charge in [-0.2, -0.15) is 0 Å². The molecule has 0 unspecified atom stereocenters. The van der Waals surface area contributed by atoms with Crippen LogP contribution in [0.3, 0.4) is 0 Å². The van der Waals surface area contributed by atoms with Crippen molar-refractivity contribution in [2.24, 2.45) is 11.3 Å². The molecule has 4 rings (SSSR count). The molecule has 0 aromatic carbocycles. The zero-order valence-electron chi connectivity index (χ0n) is 14.7. The van der Waals surface area contributed by atoms with E-state index in [4.69, 9.17) is 0 Å². The van der Waals surface area contributed by atoms with Crippen LogP contribution in [0.1, 0.15) is 31.9 Å². The molecule has 1 saturated carbocycles. The first kappa shape index (κ1) is 17.5. The van der Waals surface area contributed by atoms with Crippen LogP contribution in [0.15, 0.2) is 24.7 Å². The molecule has 0 bridgehead atoms. The average molecular weight is 372 g/mol. The number of aliphatic carboxylic acids is 1. The number of hydrogen-bond donors (Lipinski definition) is 2. The molecule has 0 saturated heterocycles. The van der Waals surface area contributed by atoms with Gasteiger partial charge in [-0.1, -0.05) is 6.92 Å². The van der Waals surface area contributed by atoms with Gasteiger partial charge in [0.2, 0.25) is 0 Å². The van der Waals surface area contributed by atoms with E-state index in [-0.39, 0.29) is 35.7 Å². The fourth-order valence-electron chi connectivity index (χ4n) is 3.45. The normalized spacial score (nSPS) is 16.4. The maximum atomic E-state index is 14.3. The van der Waals surface area contributed by atoms with Gasteiger partial charge in [-0.15, -0.1) is 0 Å². The molecule has 0 radical (unpaired) electrons. The number of H-pyrrole nitrogens is 1. The number of carbonyl (C=O) groups is 1. The number of nitrogens with one attached hydrogen (secondary N) is 1. The Kier molecular flexibility index (Phi) is 4.13. The molecule has 6 nitrogen and oxygen atoms in total. The highest BCUT2D eigenvalue weighted by atomic mass is 19.1. The van der Waals surface area contributed by atoms with E-state index in [9.17, 15) is 18.7 Å². The Bertz CT molecular complexity index is 1030. The van der Waals surface area contributed by atoms with E-state index >= 15 is 0 Å². The molecule has 1 atom stereocenters. The predicted octanol–water partition coefficient (Wildman–Crippen LogP) is 3.73. The van der Waals surface area contributed by atoms with Gasteiger partial charge in [-0.05, 0) is 36.7 Å². The van der Waals surface area contributed by atoms with Crippen LogP contribution in [-0.4, -0.2) is 31.0 Å². The van der Waals surface area contributed by atoms with Crippen molar-refractivity contribution in [2.45, 2.75) is 32.6 Å². The minimum atomic E-state index is -0.902. The number of rotatable bonds is 6. The number of nitrogens with zero attached hydrogens (tertiary/aromatic N) is 3. The van der Waals surface area contributed by atoms with E-state index in [0.29, 0.717) is 16.6 Å². The number of aromatic nitrogens is 4. The number of fused-ring (bicyclic) bond motifs is 1. The van der Waals surface area contributed by atoms with Crippen molar-refractivity contribution in [3.8, 4) is 11.4 Å². The summed E-state index contributed by atoms with van der Waals surface area (Å²) < 4.78 is 27.9. The summed E-state index contributed by atoms with van der Waals surface area (Å²) in [5.41, 5.74) is 1.09. The third-order valence-corrected chi connectivity index (χ3v) is 5.44. The van der Waals surface area contributed by atoms with Gasteiger partial charge in [0.1, 0.15) is 11.5 Å². The molecular weight excluding hydrogens is 354 g/mol. The Morgan fingerprint density at radius 3 is 2.81 bits per heavy atom. The van der Waals surface area contributed by atoms with Crippen molar-refractivity contribution < 1.29 is 18.7 Å². The lowest BCUT2D eigenvalue weighted by molar-refractivity contribution is -0.138. The Hall–Kier alpha value is -2.90. The summed E-state index contributed by atoms with van der Waals surface area (Å²) in [6, 6.07) is 1.32. The van der Waals surface area contributed by atoms with Crippen LogP contribution in [0, 0.1) is 23.0 Å². The van der Waals surface area contributed by atoms with Gasteiger partial charge in [-0.25, -0.2) is 23.7 Å². The van der Waals surface area contributed by atoms with Crippen molar-refractivity contribution in [3.05, 3.63) is 42.0 Å². The number of hydrogen-bond acceptors (Lipinski definition) is 4. The monoisotopic (exact) mass is 372 g/mol. The lowest BCUT2D eigenvalue weighted by Gasteiger charge is -2.21. The van der Waals surface area contributed by atoms with E-state index in [2.05, 4.69) is 19.9 Å². The molecule has 27 heavy (non-hydrogen) atoms. The third-order valence-electron chi connectivity index (χ3n) is 5.44. The van der Waals surface area contributed by atoms with Gasteiger partial charge in [0.25, 0.3) is 0 Å². The molecule has 1 aliphatic carbocycles. The van der Waals surface area contributed by atoms with E-state index in [1.165, 1.54) is 6.07 Å². The summed E-state index contributed by atoms with van der Waals surface area (Å²) in [5.74, 6) is -1.91. The van der Waals surface area contributed by atoms with Crippen LogP contribution in [0.25, 0.3) is 22.4 Å². The highest BCUT2D eigenvalue weighted by molar-refractivity contribution is 5.91. The van der Waals surface area contributed by atoms with Crippen LogP contribution in [0.2, 0.25) is 0 Å². The van der Waals surface area contributed by atoms with Crippen LogP contribution >= 0.6 is 0 Å². The van der Waals surface area contributed by atoms with Crippen LogP contribution in [0.5, 0.6) is 0 Å². The molecule has 0 amide bonds. The number of carboxylic acid groups (broad SMARTS) is 1. The molecule has 0 aliphatic heterocycles. The van der Waals surface area contributed by atoms with E-state index in [0.717, 1.165) is 25.2 Å². The summed E-state index contributed by atoms with van der Waals surface area (Å²) in [6.45, 7) is 2.02. The molecular formula is C19H18F2N4O2. The third kappa shape index (κ3) is 3.39. The molecule has 0 spiro atoms. The summed E-state index contributed by atoms with van der Waals surface area (Å²) in [6.07, 6.45) is 5.83. The van der Waals surface area contributed by atoms with E-state index in [1.54, 1.807) is 6.20 Å². The topological polar surface area (TPSA) is 91.8 Å². The van der Waals surface area contributed by atoms with Crippen LogP contribution in [-0.2, 0) is 11.2 Å². The molecule has 1 fully saturated rings. The first-order valence-electron chi connectivity index (χ1n) is 8.72. The summed E-state index contributed by atoms with van der Waals surface area (Å²) >= 11 is 0. The Labute approximate surface area is 153 Å². The van der Waals surface area contributed by atoms with Crippen LogP contribution < -0.4 is 0 Å². The van der Waals surface area contributed by atoms with E-state index in [1.807, 2.05) is 6.92 Å². The highest BCUT2D eigenvalue weighted by Crippen LogP contribution is 2.53. The van der Waals surface area contributed by atoms with Crippen molar-refractivity contribution in [2.75, 3.05) is 0 Å². The second kappa shape index (κ2) is 6.37. The SMILES string of the molecule is CC1([C@H](CC(=O)O)Cc2nc(-c3c[nH]c4ncc(F)cc34)ncc2F)CC1. The second-order valence-electron chi connectivity index (χ2n) is 7.39. The maximum Gasteiger partial charge on any atom is 0.303 e. The lowest BCUT2D eigenvalue weighted by atomic mass is 9.84. The van der Waals surface area contributed by atoms with Crippen LogP contribution in [0.4, 0.5) is 8.78 Å². The second-order valence-corrected chi connectivity index (χ2v) is 7.39. The molecule has 3 heterocycles. The fraction of sp³-hybridized carbons (Fsp3) is 0.368. The predicted molar refractivity (Wildman–Crippen MR) is 93.8 cm³/mol. The van der Waals surface area contributed by atoms with Crippen molar-refractivity contribution in [3.63, 3.8) is 0 Å². The van der Waals surface area contributed by atoms with E-state index < -0.39 is 17.6 Å². The minimum Gasteiger partial charge on any atom is -0.481 e. The first-order chi connectivity index (χ1) is 12.9. The molecule has 3 aromatic heterocycles. The smallest absolute Gasteiger partial charge is 0.303 e. The largest absolute Gasteiger partial charge is 0.481 e. The standard InChI is InChI=1S/C19H18F2N4O2/c1-19(2-3-19)10(5-16(26)27)4-15-14(21)9-24-18(25-15)13-8-23-17-12(13)6-11(20)7-22-17/h6-10H,2-5H2,1H3,(H,22,23)(H,26,27)/t10-/m0/s1. The van der Waals surface area contributed by atoms with Gasteiger partial charge < -0.3 is 10.1 Å². The highest BCUT2D eigenvalue weighted by Gasteiger charge is 2.45. The number of carboxylic acids is 1. The fourth-order valence-corrected chi connectivity index (χ4v) is 3.45. The summed E-state index contributed by atoms with van der Waals surface area (Å²) in [4.78, 5) is 26.5. The van der Waals surface area contributed by atoms with Crippen molar-refractivity contribution in [1.82, 2.24) is 19.9 Å². The maximum absolute atomic E-state index is 14.3. The molecule has 140 valence electrons. The zero-order valence-corrected chi connectivity index (χ0v) is 14.7. The average Bonchev–Trinajstić information content (AvgIpc) is 3.23. The number of pyridine rings is 1. The lowest BCUT2D eigenvalue weighted by Crippen LogP contribution is -2.21.